The van der Waals surface area contributed by atoms with Crippen molar-refractivity contribution in [1.29, 1.82) is 5.26 Å². The fraction of sp³-hybridized carbons (Fsp3) is 0.550. The van der Waals surface area contributed by atoms with Crippen LogP contribution in [-0.2, 0) is 22.6 Å². The molecule has 3 rings (SSSR count). The molecule has 1 N–H and O–H groups in total. The number of amides is 2. The van der Waals surface area contributed by atoms with Crippen molar-refractivity contribution in [3.8, 4) is 6.07 Å². The van der Waals surface area contributed by atoms with Crippen molar-refractivity contribution in [2.24, 2.45) is 0 Å². The lowest BCUT2D eigenvalue weighted by molar-refractivity contribution is -0.133. The van der Waals surface area contributed by atoms with E-state index in [0.717, 1.165) is 25.8 Å². The Morgan fingerprint density at radius 1 is 1.27 bits per heavy atom. The van der Waals surface area contributed by atoms with Gasteiger partial charge in [0.1, 0.15) is 6.04 Å². The molecule has 0 unspecified atom stereocenters. The van der Waals surface area contributed by atoms with Crippen LogP contribution in [0.25, 0.3) is 0 Å². The normalized spacial score (nSPS) is 20.4. The fourth-order valence-electron chi connectivity index (χ4n) is 3.73. The predicted octanol–water partition coefficient (Wildman–Crippen LogP) is 1.45. The third kappa shape index (κ3) is 4.23. The minimum absolute atomic E-state index is 0.0553. The van der Waals surface area contributed by atoms with Crippen molar-refractivity contribution in [3.05, 3.63) is 35.4 Å². The van der Waals surface area contributed by atoms with Gasteiger partial charge in [0.2, 0.25) is 11.8 Å². The first-order valence-electron chi connectivity index (χ1n) is 9.35. The van der Waals surface area contributed by atoms with E-state index in [1.165, 1.54) is 11.1 Å². The molecule has 2 aliphatic heterocycles. The van der Waals surface area contributed by atoms with Gasteiger partial charge in [-0.3, -0.25) is 9.59 Å². The molecule has 1 fully saturated rings. The highest BCUT2D eigenvalue weighted by atomic mass is 16.2. The van der Waals surface area contributed by atoms with Crippen LogP contribution in [0.5, 0.6) is 0 Å². The molecular weight excluding hydrogens is 328 g/mol. The summed E-state index contributed by atoms with van der Waals surface area (Å²) in [6, 6.07) is 10.1. The van der Waals surface area contributed by atoms with Crippen LogP contribution in [0.3, 0.4) is 0 Å². The lowest BCUT2D eigenvalue weighted by Gasteiger charge is -2.30. The van der Waals surface area contributed by atoms with E-state index in [1.807, 2.05) is 24.0 Å². The zero-order valence-corrected chi connectivity index (χ0v) is 15.3. The number of hydrogen-bond acceptors (Lipinski definition) is 4. The van der Waals surface area contributed by atoms with Crippen LogP contribution in [-0.4, -0.2) is 53.3 Å². The molecule has 2 amide bonds. The zero-order valence-electron chi connectivity index (χ0n) is 15.3. The largest absolute Gasteiger partial charge is 0.338 e. The van der Waals surface area contributed by atoms with Crippen LogP contribution in [0.4, 0.5) is 0 Å². The molecule has 2 atom stereocenters. The predicted molar refractivity (Wildman–Crippen MR) is 98.0 cm³/mol. The van der Waals surface area contributed by atoms with E-state index < -0.39 is 0 Å². The second kappa shape index (κ2) is 8.33. The first kappa shape index (κ1) is 18.4. The highest BCUT2D eigenvalue weighted by Crippen LogP contribution is 2.19. The number of rotatable bonds is 5. The minimum Gasteiger partial charge on any atom is -0.338 e. The summed E-state index contributed by atoms with van der Waals surface area (Å²) >= 11 is 0. The number of nitriles is 1. The number of hydrogen-bond donors (Lipinski definition) is 1. The van der Waals surface area contributed by atoms with Gasteiger partial charge in [0, 0.05) is 32.1 Å². The van der Waals surface area contributed by atoms with E-state index >= 15 is 0 Å². The van der Waals surface area contributed by atoms with Crippen molar-refractivity contribution < 1.29 is 9.59 Å². The summed E-state index contributed by atoms with van der Waals surface area (Å²) in [5.74, 6) is 0.0586. The monoisotopic (exact) mass is 354 g/mol. The smallest absolute Gasteiger partial charge is 0.237 e. The Morgan fingerprint density at radius 2 is 2.04 bits per heavy atom. The molecule has 0 aliphatic carbocycles. The molecule has 2 aliphatic rings. The summed E-state index contributed by atoms with van der Waals surface area (Å²) in [5.41, 5.74) is 2.55. The lowest BCUT2D eigenvalue weighted by atomic mass is 9.99. The molecule has 0 spiro atoms. The third-order valence-electron chi connectivity index (χ3n) is 5.29. The minimum atomic E-state index is -0.297. The summed E-state index contributed by atoms with van der Waals surface area (Å²) in [7, 11) is 0. The van der Waals surface area contributed by atoms with Gasteiger partial charge in [-0.15, -0.1) is 0 Å². The summed E-state index contributed by atoms with van der Waals surface area (Å²) in [6.45, 7) is 4.17. The van der Waals surface area contributed by atoms with Gasteiger partial charge in [-0.05, 0) is 37.3 Å². The van der Waals surface area contributed by atoms with Crippen molar-refractivity contribution in [3.63, 3.8) is 0 Å². The van der Waals surface area contributed by atoms with Gasteiger partial charge in [0.05, 0.1) is 12.6 Å². The molecular formula is C20H26N4O2. The maximum atomic E-state index is 12.6. The van der Waals surface area contributed by atoms with Crippen LogP contribution < -0.4 is 5.32 Å². The quantitative estimate of drug-likeness (QED) is 0.868. The number of fused-ring (bicyclic) bond motifs is 1. The first-order chi connectivity index (χ1) is 12.6. The van der Waals surface area contributed by atoms with E-state index in [-0.39, 0.29) is 30.4 Å². The van der Waals surface area contributed by atoms with Gasteiger partial charge in [-0.2, -0.15) is 5.26 Å². The Balaban J connectivity index is 1.45. The molecule has 1 aromatic carbocycles. The van der Waals surface area contributed by atoms with Crippen LogP contribution >= 0.6 is 0 Å². The number of carbonyl (C=O) groups excluding carboxylic acids is 2. The maximum Gasteiger partial charge on any atom is 0.237 e. The van der Waals surface area contributed by atoms with Crippen molar-refractivity contribution in [2.45, 2.75) is 51.2 Å². The molecule has 0 radical (unpaired) electrons. The zero-order chi connectivity index (χ0) is 18.5. The number of carbonyl (C=O) groups is 2. The van der Waals surface area contributed by atoms with Crippen LogP contribution in [0.1, 0.15) is 37.3 Å². The lowest BCUT2D eigenvalue weighted by Crippen LogP contribution is -2.44. The second-order valence-electron chi connectivity index (χ2n) is 7.19. The highest BCUT2D eigenvalue weighted by molar-refractivity contribution is 5.80. The molecule has 1 aromatic rings. The average molecular weight is 354 g/mol. The topological polar surface area (TPSA) is 76.4 Å². The van der Waals surface area contributed by atoms with Gasteiger partial charge in [-0.1, -0.05) is 24.3 Å². The SMILES string of the molecule is C[C@@H](CC(=O)N1CCc2ccccc2C1)NCC(=O)N1CCC[C@H]1C#N. The van der Waals surface area contributed by atoms with Crippen molar-refractivity contribution in [2.75, 3.05) is 19.6 Å². The molecule has 0 bridgehead atoms. The average Bonchev–Trinajstić information content (AvgIpc) is 3.14. The Kier molecular flexibility index (Phi) is 5.89. The highest BCUT2D eigenvalue weighted by Gasteiger charge is 2.28. The Morgan fingerprint density at radius 3 is 2.81 bits per heavy atom. The number of likely N-dealkylation sites (tertiary alicyclic amines) is 1. The number of nitrogens with zero attached hydrogens (tertiary/aromatic N) is 3. The molecule has 0 aromatic heterocycles. The summed E-state index contributed by atoms with van der Waals surface area (Å²) in [5, 5.41) is 12.2. The molecule has 26 heavy (non-hydrogen) atoms. The van der Waals surface area contributed by atoms with Gasteiger partial charge < -0.3 is 15.1 Å². The maximum absolute atomic E-state index is 12.6. The van der Waals surface area contributed by atoms with Crippen molar-refractivity contribution >= 4 is 11.8 Å². The van der Waals surface area contributed by atoms with Crippen LogP contribution in [0.15, 0.2) is 24.3 Å². The van der Waals surface area contributed by atoms with Gasteiger partial charge >= 0.3 is 0 Å². The van der Waals surface area contributed by atoms with Crippen LogP contribution in [0.2, 0.25) is 0 Å². The van der Waals surface area contributed by atoms with E-state index in [0.29, 0.717) is 19.5 Å². The fourth-order valence-corrected chi connectivity index (χ4v) is 3.73. The number of nitrogens with one attached hydrogen (secondary N) is 1. The second-order valence-corrected chi connectivity index (χ2v) is 7.19. The van der Waals surface area contributed by atoms with E-state index in [9.17, 15) is 9.59 Å². The number of benzene rings is 1. The Labute approximate surface area is 154 Å². The van der Waals surface area contributed by atoms with E-state index in [4.69, 9.17) is 5.26 Å². The van der Waals surface area contributed by atoms with Gasteiger partial charge in [0.15, 0.2) is 0 Å². The molecule has 138 valence electrons. The Bertz CT molecular complexity index is 712. The van der Waals surface area contributed by atoms with Crippen molar-refractivity contribution in [1.82, 2.24) is 15.1 Å². The molecule has 6 heteroatoms. The third-order valence-corrected chi connectivity index (χ3v) is 5.29. The van der Waals surface area contributed by atoms with E-state index in [1.54, 1.807) is 4.90 Å². The van der Waals surface area contributed by atoms with Crippen LogP contribution in [0, 0.1) is 11.3 Å². The molecule has 2 heterocycles. The standard InChI is InChI=1S/C20H26N4O2/c1-15(22-13-20(26)24-9-4-7-18(24)12-21)11-19(25)23-10-8-16-5-2-3-6-17(16)14-23/h2-3,5-6,15,18,22H,4,7-11,13-14H2,1H3/t15-,18-/m0/s1. The summed E-state index contributed by atoms with van der Waals surface area (Å²) in [6.07, 6.45) is 2.91. The summed E-state index contributed by atoms with van der Waals surface area (Å²) < 4.78 is 0. The summed E-state index contributed by atoms with van der Waals surface area (Å²) in [4.78, 5) is 28.4. The molecule has 0 saturated carbocycles. The first-order valence-corrected chi connectivity index (χ1v) is 9.35. The van der Waals surface area contributed by atoms with Gasteiger partial charge in [-0.25, -0.2) is 0 Å². The molecule has 1 saturated heterocycles. The van der Waals surface area contributed by atoms with E-state index in [2.05, 4.69) is 23.5 Å². The van der Waals surface area contributed by atoms with Gasteiger partial charge in [0.25, 0.3) is 0 Å². The Hall–Kier alpha value is -2.39. The molecule has 6 nitrogen and oxygen atoms in total.